The fourth-order valence-corrected chi connectivity index (χ4v) is 2.88. The van der Waals surface area contributed by atoms with Crippen LogP contribution in [0.15, 0.2) is 36.8 Å². The van der Waals surface area contributed by atoms with Gasteiger partial charge in [-0.1, -0.05) is 13.8 Å². The Morgan fingerprint density at radius 2 is 1.80 bits per heavy atom. The number of nitrogens with one attached hydrogen (secondary N) is 1. The molecule has 0 aliphatic rings. The molecule has 0 amide bonds. The van der Waals surface area contributed by atoms with Crippen molar-refractivity contribution in [3.8, 4) is 11.3 Å². The first-order chi connectivity index (χ1) is 12.0. The Balaban J connectivity index is 1.92. The molecule has 0 radical (unpaired) electrons. The van der Waals surface area contributed by atoms with Crippen LogP contribution in [0.3, 0.4) is 0 Å². The first kappa shape index (κ1) is 17.1. The van der Waals surface area contributed by atoms with Gasteiger partial charge in [-0.05, 0) is 38.0 Å². The van der Waals surface area contributed by atoms with E-state index in [2.05, 4.69) is 40.2 Å². The second kappa shape index (κ2) is 7.01. The molecule has 0 aliphatic carbocycles. The lowest BCUT2D eigenvalue weighted by Gasteiger charge is -2.22. The molecule has 0 bridgehead atoms. The van der Waals surface area contributed by atoms with Crippen LogP contribution in [-0.4, -0.2) is 24.5 Å². The van der Waals surface area contributed by atoms with Gasteiger partial charge in [0.15, 0.2) is 0 Å². The maximum atomic E-state index is 4.70. The van der Waals surface area contributed by atoms with Gasteiger partial charge in [0, 0.05) is 42.6 Å². The van der Waals surface area contributed by atoms with Crippen LogP contribution in [0.2, 0.25) is 0 Å². The predicted molar refractivity (Wildman–Crippen MR) is 99.1 cm³/mol. The van der Waals surface area contributed by atoms with Crippen LogP contribution in [-0.2, 0) is 7.05 Å². The van der Waals surface area contributed by atoms with Gasteiger partial charge in [0.05, 0.1) is 11.7 Å². The van der Waals surface area contributed by atoms with Gasteiger partial charge in [0.25, 0.3) is 0 Å². The van der Waals surface area contributed by atoms with Crippen molar-refractivity contribution < 1.29 is 0 Å². The van der Waals surface area contributed by atoms with Gasteiger partial charge in [0.1, 0.15) is 5.82 Å². The molecular weight excluding hydrogens is 312 g/mol. The van der Waals surface area contributed by atoms with Crippen molar-refractivity contribution in [3.05, 3.63) is 54.0 Å². The van der Waals surface area contributed by atoms with E-state index in [-0.39, 0.29) is 6.04 Å². The molecule has 3 aromatic heterocycles. The molecule has 0 aromatic carbocycles. The van der Waals surface area contributed by atoms with Crippen LogP contribution < -0.4 is 5.32 Å². The largest absolute Gasteiger partial charge is 0.344 e. The van der Waals surface area contributed by atoms with E-state index in [0.717, 1.165) is 28.5 Å². The number of hydrogen-bond acceptors (Lipinski definition) is 5. The van der Waals surface area contributed by atoms with Crippen LogP contribution in [0.4, 0.5) is 5.95 Å². The Hall–Kier alpha value is -2.76. The minimum absolute atomic E-state index is 0.0347. The number of pyridine rings is 1. The standard InChI is InChI=1S/C19H24N6/c1-12(2)17(18-20-10-11-25(18)5)24-19-21-9-8-16(23-19)15-7-6-13(3)22-14(15)4/h6-12,17H,1-5H3,(H,21,23,24)/t17-/m1/s1. The van der Waals surface area contributed by atoms with E-state index < -0.39 is 0 Å². The molecule has 0 spiro atoms. The summed E-state index contributed by atoms with van der Waals surface area (Å²) < 4.78 is 2.02. The average Bonchev–Trinajstić information content (AvgIpc) is 2.98. The summed E-state index contributed by atoms with van der Waals surface area (Å²) in [7, 11) is 2.00. The number of imidazole rings is 1. The summed E-state index contributed by atoms with van der Waals surface area (Å²) in [6.45, 7) is 8.31. The molecule has 3 aromatic rings. The third-order valence-corrected chi connectivity index (χ3v) is 4.24. The minimum atomic E-state index is 0.0347. The van der Waals surface area contributed by atoms with Crippen molar-refractivity contribution in [2.75, 3.05) is 5.32 Å². The zero-order valence-corrected chi connectivity index (χ0v) is 15.4. The summed E-state index contributed by atoms with van der Waals surface area (Å²) in [5, 5.41) is 3.44. The summed E-state index contributed by atoms with van der Waals surface area (Å²) in [4.78, 5) is 18.1. The molecule has 1 atom stereocenters. The van der Waals surface area contributed by atoms with Gasteiger partial charge in [-0.15, -0.1) is 0 Å². The first-order valence-electron chi connectivity index (χ1n) is 8.47. The zero-order chi connectivity index (χ0) is 18.0. The predicted octanol–water partition coefficient (Wildman–Crippen LogP) is 3.70. The Labute approximate surface area is 148 Å². The van der Waals surface area contributed by atoms with E-state index in [1.54, 1.807) is 6.20 Å². The molecular formula is C19H24N6. The quantitative estimate of drug-likeness (QED) is 0.769. The van der Waals surface area contributed by atoms with Gasteiger partial charge in [-0.25, -0.2) is 15.0 Å². The monoisotopic (exact) mass is 336 g/mol. The zero-order valence-electron chi connectivity index (χ0n) is 15.4. The van der Waals surface area contributed by atoms with Crippen LogP contribution in [0.25, 0.3) is 11.3 Å². The number of rotatable bonds is 5. The molecule has 0 aliphatic heterocycles. The number of anilines is 1. The summed E-state index contributed by atoms with van der Waals surface area (Å²) >= 11 is 0. The van der Waals surface area contributed by atoms with Gasteiger partial charge >= 0.3 is 0 Å². The van der Waals surface area contributed by atoms with Crippen molar-refractivity contribution >= 4 is 5.95 Å². The van der Waals surface area contributed by atoms with Crippen LogP contribution in [0.5, 0.6) is 0 Å². The second-order valence-corrected chi connectivity index (χ2v) is 6.61. The highest BCUT2D eigenvalue weighted by Gasteiger charge is 2.21. The number of aryl methyl sites for hydroxylation is 3. The molecule has 25 heavy (non-hydrogen) atoms. The smallest absolute Gasteiger partial charge is 0.223 e. The lowest BCUT2D eigenvalue weighted by molar-refractivity contribution is 0.505. The second-order valence-electron chi connectivity index (χ2n) is 6.61. The van der Waals surface area contributed by atoms with Crippen molar-refractivity contribution in [3.63, 3.8) is 0 Å². The number of hydrogen-bond donors (Lipinski definition) is 1. The molecule has 6 heteroatoms. The normalized spacial score (nSPS) is 12.4. The van der Waals surface area contributed by atoms with Crippen molar-refractivity contribution in [1.29, 1.82) is 0 Å². The molecule has 1 N–H and O–H groups in total. The van der Waals surface area contributed by atoms with Gasteiger partial charge in [-0.2, -0.15) is 0 Å². The van der Waals surface area contributed by atoms with Gasteiger partial charge < -0.3 is 9.88 Å². The molecule has 0 unspecified atom stereocenters. The van der Waals surface area contributed by atoms with E-state index in [4.69, 9.17) is 4.98 Å². The fourth-order valence-electron chi connectivity index (χ4n) is 2.88. The van der Waals surface area contributed by atoms with Gasteiger partial charge in [0.2, 0.25) is 5.95 Å². The van der Waals surface area contributed by atoms with Crippen molar-refractivity contribution in [1.82, 2.24) is 24.5 Å². The van der Waals surface area contributed by atoms with E-state index in [1.807, 2.05) is 50.0 Å². The fraction of sp³-hybridized carbons (Fsp3) is 0.368. The van der Waals surface area contributed by atoms with E-state index >= 15 is 0 Å². The minimum Gasteiger partial charge on any atom is -0.344 e. The molecule has 6 nitrogen and oxygen atoms in total. The molecule has 3 rings (SSSR count). The highest BCUT2D eigenvalue weighted by atomic mass is 15.2. The third-order valence-electron chi connectivity index (χ3n) is 4.24. The Morgan fingerprint density at radius 3 is 2.44 bits per heavy atom. The van der Waals surface area contributed by atoms with Crippen molar-refractivity contribution in [2.24, 2.45) is 13.0 Å². The molecule has 0 saturated heterocycles. The molecule has 0 saturated carbocycles. The number of nitrogens with zero attached hydrogens (tertiary/aromatic N) is 5. The third kappa shape index (κ3) is 3.68. The molecule has 3 heterocycles. The SMILES string of the molecule is Cc1ccc(-c2ccnc(N[C@@H](c3nccn3C)C(C)C)n2)c(C)n1. The average molecular weight is 336 g/mol. The van der Waals surface area contributed by atoms with Gasteiger partial charge in [-0.3, -0.25) is 4.98 Å². The Morgan fingerprint density at radius 1 is 1.00 bits per heavy atom. The maximum Gasteiger partial charge on any atom is 0.223 e. The van der Waals surface area contributed by atoms with Crippen molar-refractivity contribution in [2.45, 2.75) is 33.7 Å². The highest BCUT2D eigenvalue weighted by molar-refractivity contribution is 5.62. The lowest BCUT2D eigenvalue weighted by atomic mass is 10.0. The summed E-state index contributed by atoms with van der Waals surface area (Å²) in [6, 6.07) is 6.01. The molecule has 0 fully saturated rings. The first-order valence-corrected chi connectivity index (χ1v) is 8.47. The van der Waals surface area contributed by atoms with Crippen LogP contribution >= 0.6 is 0 Å². The topological polar surface area (TPSA) is 68.5 Å². The summed E-state index contributed by atoms with van der Waals surface area (Å²) in [6.07, 6.45) is 5.54. The van der Waals surface area contributed by atoms with Crippen LogP contribution in [0.1, 0.15) is 37.1 Å². The maximum absolute atomic E-state index is 4.70. The Kier molecular flexibility index (Phi) is 4.79. The molecule has 130 valence electrons. The summed E-state index contributed by atoms with van der Waals surface area (Å²) in [5.74, 6) is 1.91. The number of aromatic nitrogens is 5. The summed E-state index contributed by atoms with van der Waals surface area (Å²) in [5.41, 5.74) is 3.86. The van der Waals surface area contributed by atoms with E-state index in [9.17, 15) is 0 Å². The van der Waals surface area contributed by atoms with E-state index in [0.29, 0.717) is 11.9 Å². The highest BCUT2D eigenvalue weighted by Crippen LogP contribution is 2.25. The lowest BCUT2D eigenvalue weighted by Crippen LogP contribution is -2.21. The van der Waals surface area contributed by atoms with Crippen LogP contribution in [0, 0.1) is 19.8 Å². The van der Waals surface area contributed by atoms with E-state index in [1.165, 1.54) is 0 Å². The Bertz CT molecular complexity index is 868.